The van der Waals surface area contributed by atoms with Gasteiger partial charge in [-0.1, -0.05) is 5.16 Å². The number of nitrogens with zero attached hydrogens (tertiary/aromatic N) is 3. The van der Waals surface area contributed by atoms with E-state index in [9.17, 15) is 27.2 Å². The molecule has 168 valence electrons. The number of carbonyl (C=O) groups excluding carboxylic acids is 2. The molecule has 0 spiro atoms. The highest BCUT2D eigenvalue weighted by molar-refractivity contribution is 6.17. The zero-order valence-electron chi connectivity index (χ0n) is 15.8. The molecule has 1 saturated heterocycles. The van der Waals surface area contributed by atoms with Crippen molar-refractivity contribution in [2.45, 2.75) is 25.1 Å². The molecule has 0 unspecified atom stereocenters. The standard InChI is InChI=1S/C18H16ClF4N3O5/c19-5-6-29-7-8-30-16(28)13-3-4-14(27)26(13)10-1-2-11(12(20)9-10)15-24-17(31-25-15)18(21,22)23/h1-2,9,13H,3-8H2/t13-/m0/s1. The highest BCUT2D eigenvalue weighted by Crippen LogP contribution is 2.33. The van der Waals surface area contributed by atoms with Crippen molar-refractivity contribution in [1.82, 2.24) is 10.1 Å². The van der Waals surface area contributed by atoms with Gasteiger partial charge in [0.15, 0.2) is 0 Å². The number of carbonyl (C=O) groups is 2. The van der Waals surface area contributed by atoms with Crippen LogP contribution in [0.15, 0.2) is 22.7 Å². The number of hydrogen-bond donors (Lipinski definition) is 0. The van der Waals surface area contributed by atoms with Crippen LogP contribution in [0.4, 0.5) is 23.2 Å². The van der Waals surface area contributed by atoms with E-state index in [-0.39, 0.29) is 37.3 Å². The van der Waals surface area contributed by atoms with Crippen molar-refractivity contribution in [2.24, 2.45) is 0 Å². The monoisotopic (exact) mass is 465 g/mol. The lowest BCUT2D eigenvalue weighted by Crippen LogP contribution is -2.40. The van der Waals surface area contributed by atoms with Crippen molar-refractivity contribution in [1.29, 1.82) is 0 Å². The predicted molar refractivity (Wildman–Crippen MR) is 97.7 cm³/mol. The Morgan fingerprint density at radius 3 is 2.71 bits per heavy atom. The Hall–Kier alpha value is -2.73. The number of alkyl halides is 4. The minimum absolute atomic E-state index is 0.0408. The molecule has 0 radical (unpaired) electrons. The van der Waals surface area contributed by atoms with Crippen LogP contribution in [-0.2, 0) is 25.2 Å². The van der Waals surface area contributed by atoms with Crippen molar-refractivity contribution in [3.63, 3.8) is 0 Å². The Bertz CT molecular complexity index is 953. The van der Waals surface area contributed by atoms with Gasteiger partial charge >= 0.3 is 18.0 Å². The van der Waals surface area contributed by atoms with Gasteiger partial charge in [-0.05, 0) is 24.6 Å². The van der Waals surface area contributed by atoms with Gasteiger partial charge in [0.2, 0.25) is 11.7 Å². The van der Waals surface area contributed by atoms with Crippen molar-refractivity contribution in [3.8, 4) is 11.4 Å². The van der Waals surface area contributed by atoms with E-state index in [4.69, 9.17) is 21.1 Å². The maximum absolute atomic E-state index is 14.6. The number of hydrogen-bond acceptors (Lipinski definition) is 7. The van der Waals surface area contributed by atoms with E-state index in [1.165, 1.54) is 6.07 Å². The summed E-state index contributed by atoms with van der Waals surface area (Å²) in [5, 5.41) is 3.13. The van der Waals surface area contributed by atoms with Crippen molar-refractivity contribution >= 4 is 29.2 Å². The molecule has 3 rings (SSSR count). The van der Waals surface area contributed by atoms with Gasteiger partial charge < -0.3 is 14.0 Å². The van der Waals surface area contributed by atoms with Crippen LogP contribution in [0.5, 0.6) is 0 Å². The molecule has 0 N–H and O–H groups in total. The molecule has 0 saturated carbocycles. The fourth-order valence-electron chi connectivity index (χ4n) is 2.97. The molecule has 13 heteroatoms. The molecule has 8 nitrogen and oxygen atoms in total. The number of benzene rings is 1. The summed E-state index contributed by atoms with van der Waals surface area (Å²) in [7, 11) is 0. The molecule has 1 aromatic carbocycles. The van der Waals surface area contributed by atoms with E-state index in [1.807, 2.05) is 0 Å². The molecule has 1 fully saturated rings. The molecule has 1 aromatic heterocycles. The Balaban J connectivity index is 1.74. The van der Waals surface area contributed by atoms with Crippen LogP contribution in [0.2, 0.25) is 0 Å². The molecule has 2 heterocycles. The predicted octanol–water partition coefficient (Wildman–Crippen LogP) is 3.19. The second kappa shape index (κ2) is 9.60. The summed E-state index contributed by atoms with van der Waals surface area (Å²) in [5.74, 6) is -4.02. The average Bonchev–Trinajstić information content (AvgIpc) is 3.34. The second-order valence-corrected chi connectivity index (χ2v) is 6.75. The van der Waals surface area contributed by atoms with Gasteiger partial charge in [-0.25, -0.2) is 9.18 Å². The SMILES string of the molecule is O=C(OCCOCCCl)[C@@H]1CCC(=O)N1c1ccc(-c2noc(C(F)(F)F)n2)c(F)c1. The quantitative estimate of drug-likeness (QED) is 0.256. The number of aromatic nitrogens is 2. The summed E-state index contributed by atoms with van der Waals surface area (Å²) in [6.45, 7) is 0.387. The fraction of sp³-hybridized carbons (Fsp3) is 0.444. The largest absolute Gasteiger partial charge is 0.471 e. The third kappa shape index (κ3) is 5.31. The topological polar surface area (TPSA) is 94.8 Å². The van der Waals surface area contributed by atoms with Gasteiger partial charge in [0.1, 0.15) is 18.5 Å². The first-order valence-corrected chi connectivity index (χ1v) is 9.59. The Labute approximate surface area is 178 Å². The Morgan fingerprint density at radius 1 is 1.29 bits per heavy atom. The van der Waals surface area contributed by atoms with Crippen molar-refractivity contribution in [2.75, 3.05) is 30.6 Å². The highest BCUT2D eigenvalue weighted by Gasteiger charge is 2.40. The van der Waals surface area contributed by atoms with E-state index < -0.39 is 41.6 Å². The number of esters is 1. The summed E-state index contributed by atoms with van der Waals surface area (Å²) in [5.41, 5.74) is -0.311. The third-order valence-corrected chi connectivity index (χ3v) is 4.47. The summed E-state index contributed by atoms with van der Waals surface area (Å²) in [6, 6.07) is 2.32. The van der Waals surface area contributed by atoms with E-state index in [0.717, 1.165) is 17.0 Å². The molecule has 31 heavy (non-hydrogen) atoms. The number of halogens is 5. The average molecular weight is 466 g/mol. The van der Waals surface area contributed by atoms with Crippen LogP contribution in [0.3, 0.4) is 0 Å². The van der Waals surface area contributed by atoms with Gasteiger partial charge in [-0.15, -0.1) is 11.6 Å². The molecule has 1 aliphatic heterocycles. The number of ether oxygens (including phenoxy) is 2. The summed E-state index contributed by atoms with van der Waals surface area (Å²) < 4.78 is 66.7. The lowest BCUT2D eigenvalue weighted by atomic mass is 10.1. The zero-order valence-corrected chi connectivity index (χ0v) is 16.6. The maximum Gasteiger partial charge on any atom is 0.471 e. The summed E-state index contributed by atoms with van der Waals surface area (Å²) in [4.78, 5) is 28.8. The summed E-state index contributed by atoms with van der Waals surface area (Å²) in [6.07, 6.45) is -4.65. The first-order chi connectivity index (χ1) is 14.7. The molecular formula is C18H16ClF4N3O5. The minimum atomic E-state index is -4.87. The Morgan fingerprint density at radius 2 is 2.06 bits per heavy atom. The molecule has 2 aromatic rings. The fourth-order valence-corrected chi connectivity index (χ4v) is 3.08. The van der Waals surface area contributed by atoms with Crippen LogP contribution < -0.4 is 4.90 Å². The van der Waals surface area contributed by atoms with Crippen LogP contribution in [-0.4, -0.2) is 53.8 Å². The van der Waals surface area contributed by atoms with Crippen LogP contribution in [0.1, 0.15) is 18.7 Å². The number of rotatable bonds is 8. The second-order valence-electron chi connectivity index (χ2n) is 6.37. The molecular weight excluding hydrogens is 450 g/mol. The minimum Gasteiger partial charge on any atom is -0.462 e. The van der Waals surface area contributed by atoms with E-state index in [0.29, 0.717) is 12.5 Å². The Kier molecular flexibility index (Phi) is 7.11. The first-order valence-electron chi connectivity index (χ1n) is 9.05. The van der Waals surface area contributed by atoms with E-state index >= 15 is 0 Å². The molecule has 0 aliphatic carbocycles. The first kappa shape index (κ1) is 22.9. The lowest BCUT2D eigenvalue weighted by Gasteiger charge is -2.23. The van der Waals surface area contributed by atoms with Crippen molar-refractivity contribution < 1.29 is 41.1 Å². The highest BCUT2D eigenvalue weighted by atomic mass is 35.5. The van der Waals surface area contributed by atoms with E-state index in [1.54, 1.807) is 0 Å². The van der Waals surface area contributed by atoms with E-state index in [2.05, 4.69) is 14.7 Å². The third-order valence-electron chi connectivity index (χ3n) is 4.32. The van der Waals surface area contributed by atoms with Gasteiger partial charge in [0.05, 0.1) is 18.8 Å². The van der Waals surface area contributed by atoms with Crippen LogP contribution in [0, 0.1) is 5.82 Å². The van der Waals surface area contributed by atoms with Gasteiger partial charge in [-0.3, -0.25) is 9.69 Å². The van der Waals surface area contributed by atoms with Crippen LogP contribution in [0.25, 0.3) is 11.4 Å². The molecule has 1 atom stereocenters. The van der Waals surface area contributed by atoms with Crippen LogP contribution >= 0.6 is 11.6 Å². The molecule has 1 aliphatic rings. The number of amides is 1. The lowest BCUT2D eigenvalue weighted by molar-refractivity contribution is -0.159. The van der Waals surface area contributed by atoms with Gasteiger partial charge in [0, 0.05) is 18.0 Å². The molecule has 0 bridgehead atoms. The van der Waals surface area contributed by atoms with Gasteiger partial charge in [0.25, 0.3) is 0 Å². The maximum atomic E-state index is 14.6. The van der Waals surface area contributed by atoms with Gasteiger partial charge in [-0.2, -0.15) is 18.2 Å². The molecule has 1 amide bonds. The zero-order chi connectivity index (χ0) is 22.6. The van der Waals surface area contributed by atoms with Crippen molar-refractivity contribution in [3.05, 3.63) is 29.9 Å². The summed E-state index contributed by atoms with van der Waals surface area (Å²) >= 11 is 5.46. The normalized spacial score (nSPS) is 16.7. The number of anilines is 1. The smallest absolute Gasteiger partial charge is 0.462 e.